The Morgan fingerprint density at radius 3 is 2.70 bits per heavy atom. The molecule has 1 aromatic carbocycles. The van der Waals surface area contributed by atoms with Gasteiger partial charge in [-0.2, -0.15) is 0 Å². The zero-order chi connectivity index (χ0) is 21.1. The molecule has 2 aliphatic heterocycles. The molecular formula is C23H28N4O3. The number of carbonyl (C=O) groups is 3. The van der Waals surface area contributed by atoms with Gasteiger partial charge in [0.2, 0.25) is 11.8 Å². The molecule has 3 aliphatic rings. The van der Waals surface area contributed by atoms with Crippen LogP contribution in [-0.2, 0) is 16.1 Å². The Labute approximate surface area is 176 Å². The van der Waals surface area contributed by atoms with Gasteiger partial charge < -0.3 is 16.0 Å². The Balaban J connectivity index is 1.31. The van der Waals surface area contributed by atoms with Gasteiger partial charge in [-0.15, -0.1) is 0 Å². The van der Waals surface area contributed by atoms with Gasteiger partial charge in [0.15, 0.2) is 0 Å². The maximum Gasteiger partial charge on any atom is 0.255 e. The van der Waals surface area contributed by atoms with Crippen molar-refractivity contribution in [1.29, 1.82) is 0 Å². The lowest BCUT2D eigenvalue weighted by atomic mass is 9.92. The fourth-order valence-corrected chi connectivity index (χ4v) is 4.48. The van der Waals surface area contributed by atoms with Crippen LogP contribution in [0.1, 0.15) is 66.4 Å². The lowest BCUT2D eigenvalue weighted by Gasteiger charge is -2.29. The molecule has 4 rings (SSSR count). The fourth-order valence-electron chi connectivity index (χ4n) is 4.48. The van der Waals surface area contributed by atoms with Crippen molar-refractivity contribution in [3.05, 3.63) is 34.9 Å². The third kappa shape index (κ3) is 4.55. The second-order valence-electron chi connectivity index (χ2n) is 8.39. The Kier molecular flexibility index (Phi) is 6.16. The summed E-state index contributed by atoms with van der Waals surface area (Å²) in [7, 11) is 0. The summed E-state index contributed by atoms with van der Waals surface area (Å²) in [4.78, 5) is 37.8. The van der Waals surface area contributed by atoms with Crippen molar-refractivity contribution in [3.8, 4) is 11.8 Å². The molecule has 4 N–H and O–H groups in total. The maximum absolute atomic E-state index is 12.7. The SMILES string of the molecule is NC1CCC(NCCC#Cc2ccc3c(c2)CN(C2CCC(=O)NC2=O)C3=O)CC1. The topological polar surface area (TPSA) is 105 Å². The normalized spacial score (nSPS) is 26.1. The van der Waals surface area contributed by atoms with E-state index in [-0.39, 0.29) is 24.1 Å². The second kappa shape index (κ2) is 8.99. The van der Waals surface area contributed by atoms with Gasteiger partial charge in [0.25, 0.3) is 5.91 Å². The van der Waals surface area contributed by atoms with Gasteiger partial charge in [-0.3, -0.25) is 19.7 Å². The first-order valence-corrected chi connectivity index (χ1v) is 10.8. The van der Waals surface area contributed by atoms with E-state index in [0.29, 0.717) is 30.6 Å². The van der Waals surface area contributed by atoms with Crippen LogP contribution in [-0.4, -0.2) is 47.3 Å². The van der Waals surface area contributed by atoms with Crippen LogP contribution in [0.15, 0.2) is 18.2 Å². The van der Waals surface area contributed by atoms with Crippen LogP contribution in [0, 0.1) is 11.8 Å². The van der Waals surface area contributed by atoms with Crippen molar-refractivity contribution < 1.29 is 14.4 Å². The van der Waals surface area contributed by atoms with E-state index < -0.39 is 6.04 Å². The minimum absolute atomic E-state index is 0.157. The summed E-state index contributed by atoms with van der Waals surface area (Å²) in [5.74, 6) is 5.56. The zero-order valence-electron chi connectivity index (χ0n) is 17.1. The van der Waals surface area contributed by atoms with Gasteiger partial charge in [0, 0.05) is 49.1 Å². The standard InChI is InChI=1S/C23H28N4O3/c24-17-5-7-18(8-6-17)25-12-2-1-3-15-4-9-19-16(13-15)14-27(23(19)30)20-10-11-21(28)26-22(20)29/h4,9,13,17-18,20,25H,2,5-8,10-12,14,24H2,(H,26,28,29). The first-order chi connectivity index (χ1) is 14.5. The molecule has 1 saturated heterocycles. The monoisotopic (exact) mass is 408 g/mol. The number of piperidine rings is 1. The molecule has 7 nitrogen and oxygen atoms in total. The summed E-state index contributed by atoms with van der Waals surface area (Å²) in [6, 6.07) is 5.90. The summed E-state index contributed by atoms with van der Waals surface area (Å²) in [6.45, 7) is 1.24. The first-order valence-electron chi connectivity index (χ1n) is 10.8. The average molecular weight is 409 g/mol. The molecule has 1 saturated carbocycles. The molecule has 1 unspecified atom stereocenters. The van der Waals surface area contributed by atoms with Crippen LogP contribution >= 0.6 is 0 Å². The third-order valence-electron chi connectivity index (χ3n) is 6.21. The molecule has 0 radical (unpaired) electrons. The lowest BCUT2D eigenvalue weighted by Crippen LogP contribution is -2.52. The molecule has 2 fully saturated rings. The van der Waals surface area contributed by atoms with Crippen molar-refractivity contribution in [3.63, 3.8) is 0 Å². The zero-order valence-corrected chi connectivity index (χ0v) is 17.1. The number of fused-ring (bicyclic) bond motifs is 1. The molecule has 3 amide bonds. The summed E-state index contributed by atoms with van der Waals surface area (Å²) < 4.78 is 0. The smallest absolute Gasteiger partial charge is 0.255 e. The van der Waals surface area contributed by atoms with Gasteiger partial charge in [0.05, 0.1) is 0 Å². The van der Waals surface area contributed by atoms with Gasteiger partial charge >= 0.3 is 0 Å². The molecule has 158 valence electrons. The van der Waals surface area contributed by atoms with E-state index in [1.807, 2.05) is 12.1 Å². The number of hydrogen-bond donors (Lipinski definition) is 3. The number of nitrogens with one attached hydrogen (secondary N) is 2. The van der Waals surface area contributed by atoms with Crippen LogP contribution < -0.4 is 16.4 Å². The van der Waals surface area contributed by atoms with E-state index in [9.17, 15) is 14.4 Å². The third-order valence-corrected chi connectivity index (χ3v) is 6.21. The first kappa shape index (κ1) is 20.6. The lowest BCUT2D eigenvalue weighted by molar-refractivity contribution is -0.136. The van der Waals surface area contributed by atoms with E-state index in [4.69, 9.17) is 5.73 Å². The van der Waals surface area contributed by atoms with E-state index >= 15 is 0 Å². The number of rotatable bonds is 4. The highest BCUT2D eigenvalue weighted by molar-refractivity contribution is 6.05. The Hall–Kier alpha value is -2.69. The van der Waals surface area contributed by atoms with Crippen LogP contribution in [0.3, 0.4) is 0 Å². The predicted molar refractivity (Wildman–Crippen MR) is 112 cm³/mol. The van der Waals surface area contributed by atoms with E-state index in [2.05, 4.69) is 22.5 Å². The Morgan fingerprint density at radius 1 is 1.13 bits per heavy atom. The van der Waals surface area contributed by atoms with E-state index in [0.717, 1.165) is 49.8 Å². The number of nitrogens with two attached hydrogens (primary N) is 1. The van der Waals surface area contributed by atoms with Crippen molar-refractivity contribution in [2.45, 2.75) is 69.6 Å². The molecular weight excluding hydrogens is 380 g/mol. The molecule has 0 bridgehead atoms. The highest BCUT2D eigenvalue weighted by Gasteiger charge is 2.38. The molecule has 0 aromatic heterocycles. The summed E-state index contributed by atoms with van der Waals surface area (Å²) >= 11 is 0. The summed E-state index contributed by atoms with van der Waals surface area (Å²) in [5.41, 5.74) is 8.31. The van der Waals surface area contributed by atoms with E-state index in [1.165, 1.54) is 0 Å². The average Bonchev–Trinajstić information content (AvgIpc) is 3.05. The number of nitrogens with zero attached hydrogens (tertiary/aromatic N) is 1. The number of hydrogen-bond acceptors (Lipinski definition) is 5. The minimum atomic E-state index is -0.586. The van der Waals surface area contributed by atoms with Crippen molar-refractivity contribution in [2.24, 2.45) is 5.73 Å². The Morgan fingerprint density at radius 2 is 1.93 bits per heavy atom. The van der Waals surface area contributed by atoms with Gasteiger partial charge in [-0.05, 0) is 55.9 Å². The van der Waals surface area contributed by atoms with Crippen molar-refractivity contribution in [1.82, 2.24) is 15.5 Å². The highest BCUT2D eigenvalue weighted by atomic mass is 16.2. The van der Waals surface area contributed by atoms with Gasteiger partial charge in [0.1, 0.15) is 6.04 Å². The second-order valence-corrected chi connectivity index (χ2v) is 8.39. The Bertz CT molecular complexity index is 909. The quantitative estimate of drug-likeness (QED) is 0.392. The molecule has 1 aromatic rings. The number of imide groups is 1. The highest BCUT2D eigenvalue weighted by Crippen LogP contribution is 2.28. The largest absolute Gasteiger partial charge is 0.328 e. The predicted octanol–water partition coefficient (Wildman–Crippen LogP) is 1.05. The van der Waals surface area contributed by atoms with Crippen molar-refractivity contribution >= 4 is 17.7 Å². The molecule has 0 spiro atoms. The van der Waals surface area contributed by atoms with Crippen LogP contribution in [0.4, 0.5) is 0 Å². The summed E-state index contributed by atoms with van der Waals surface area (Å²) in [6.07, 6.45) is 5.85. The van der Waals surface area contributed by atoms with E-state index in [1.54, 1.807) is 11.0 Å². The maximum atomic E-state index is 12.7. The molecule has 7 heteroatoms. The van der Waals surface area contributed by atoms with Gasteiger partial charge in [-0.25, -0.2) is 0 Å². The molecule has 30 heavy (non-hydrogen) atoms. The van der Waals surface area contributed by atoms with Crippen molar-refractivity contribution in [2.75, 3.05) is 6.54 Å². The number of carbonyl (C=O) groups excluding carboxylic acids is 3. The minimum Gasteiger partial charge on any atom is -0.328 e. The number of benzene rings is 1. The summed E-state index contributed by atoms with van der Waals surface area (Å²) in [5, 5.41) is 5.88. The van der Waals surface area contributed by atoms with Gasteiger partial charge in [-0.1, -0.05) is 11.8 Å². The molecule has 1 aliphatic carbocycles. The van der Waals surface area contributed by atoms with Crippen LogP contribution in [0.25, 0.3) is 0 Å². The van der Waals surface area contributed by atoms with Crippen LogP contribution in [0.5, 0.6) is 0 Å². The molecule has 2 heterocycles. The number of amides is 3. The fraction of sp³-hybridized carbons (Fsp3) is 0.522. The molecule has 1 atom stereocenters. The van der Waals surface area contributed by atoms with Crippen LogP contribution in [0.2, 0.25) is 0 Å².